The van der Waals surface area contributed by atoms with Crippen molar-refractivity contribution in [1.29, 1.82) is 0 Å². The van der Waals surface area contributed by atoms with Gasteiger partial charge in [0.05, 0.1) is 5.52 Å². The van der Waals surface area contributed by atoms with Crippen LogP contribution in [0.25, 0.3) is 16.5 Å². The summed E-state index contributed by atoms with van der Waals surface area (Å²) in [5.41, 5.74) is 3.97. The summed E-state index contributed by atoms with van der Waals surface area (Å²) in [6.07, 6.45) is 2.00. The average molecular weight is 251 g/mol. The van der Waals surface area contributed by atoms with Crippen molar-refractivity contribution in [2.24, 2.45) is 7.05 Å². The van der Waals surface area contributed by atoms with Gasteiger partial charge < -0.3 is 4.57 Å². The highest BCUT2D eigenvalue weighted by atomic mass is 19.1. The zero-order valence-corrected chi connectivity index (χ0v) is 10.7. The van der Waals surface area contributed by atoms with Gasteiger partial charge in [-0.2, -0.15) is 0 Å². The van der Waals surface area contributed by atoms with Gasteiger partial charge in [-0.05, 0) is 29.3 Å². The molecule has 1 heterocycles. The van der Waals surface area contributed by atoms with Crippen LogP contribution in [-0.4, -0.2) is 4.57 Å². The maximum absolute atomic E-state index is 13.3. The molecule has 0 saturated heterocycles. The molecule has 0 fully saturated rings. The Hall–Kier alpha value is -2.35. The number of rotatable bonds is 2. The number of halogens is 1. The van der Waals surface area contributed by atoms with Gasteiger partial charge in [0, 0.05) is 24.2 Å². The van der Waals surface area contributed by atoms with Gasteiger partial charge in [-0.15, -0.1) is 0 Å². The maximum Gasteiger partial charge on any atom is 0.125 e. The first kappa shape index (κ1) is 11.7. The summed E-state index contributed by atoms with van der Waals surface area (Å²) in [6, 6.07) is 14.9. The monoisotopic (exact) mass is 251 g/mol. The number of fused-ring (bicyclic) bond motifs is 1. The largest absolute Gasteiger partial charge is 0.350 e. The second kappa shape index (κ2) is 4.39. The summed E-state index contributed by atoms with van der Waals surface area (Å²) in [5.74, 6) is -0.217. The SMILES string of the molecule is C=C(c1ccccc1)c1cn(C)c2cc(F)ccc12. The molecule has 0 atom stereocenters. The van der Waals surface area contributed by atoms with E-state index >= 15 is 0 Å². The molecule has 0 spiro atoms. The van der Waals surface area contributed by atoms with Crippen LogP contribution in [0, 0.1) is 5.82 Å². The van der Waals surface area contributed by atoms with Crippen LogP contribution < -0.4 is 0 Å². The van der Waals surface area contributed by atoms with Gasteiger partial charge in [-0.1, -0.05) is 36.9 Å². The zero-order chi connectivity index (χ0) is 13.4. The van der Waals surface area contributed by atoms with Crippen molar-refractivity contribution < 1.29 is 4.39 Å². The lowest BCUT2D eigenvalue weighted by Crippen LogP contribution is -1.84. The van der Waals surface area contributed by atoms with Crippen molar-refractivity contribution in [1.82, 2.24) is 4.57 Å². The molecule has 1 nitrogen and oxygen atoms in total. The molecular formula is C17H14FN. The van der Waals surface area contributed by atoms with Crippen LogP contribution in [0.2, 0.25) is 0 Å². The average Bonchev–Trinajstić information content (AvgIpc) is 2.76. The molecule has 0 bridgehead atoms. The number of hydrogen-bond acceptors (Lipinski definition) is 0. The summed E-state index contributed by atoms with van der Waals surface area (Å²) >= 11 is 0. The number of nitrogens with zero attached hydrogens (tertiary/aromatic N) is 1. The standard InChI is InChI=1S/C17H14FN/c1-12(13-6-4-3-5-7-13)16-11-19(2)17-10-14(18)8-9-15(16)17/h3-11H,1H2,2H3. The van der Waals surface area contributed by atoms with E-state index in [1.165, 1.54) is 6.07 Å². The Bertz CT molecular complexity index is 754. The van der Waals surface area contributed by atoms with Crippen molar-refractivity contribution in [2.45, 2.75) is 0 Å². The third-order valence-corrected chi connectivity index (χ3v) is 3.40. The van der Waals surface area contributed by atoms with Gasteiger partial charge in [0.1, 0.15) is 5.82 Å². The summed E-state index contributed by atoms with van der Waals surface area (Å²) in [6.45, 7) is 4.17. The Kier molecular flexibility index (Phi) is 2.71. The third-order valence-electron chi connectivity index (χ3n) is 3.40. The minimum absolute atomic E-state index is 0.217. The molecule has 0 aliphatic rings. The molecule has 19 heavy (non-hydrogen) atoms. The smallest absolute Gasteiger partial charge is 0.125 e. The Morgan fingerprint density at radius 3 is 2.58 bits per heavy atom. The van der Waals surface area contributed by atoms with Gasteiger partial charge >= 0.3 is 0 Å². The Balaban J connectivity index is 2.19. The minimum Gasteiger partial charge on any atom is -0.350 e. The fourth-order valence-corrected chi connectivity index (χ4v) is 2.39. The van der Waals surface area contributed by atoms with E-state index in [4.69, 9.17) is 0 Å². The predicted molar refractivity (Wildman–Crippen MR) is 77.5 cm³/mol. The van der Waals surface area contributed by atoms with E-state index in [0.29, 0.717) is 0 Å². The molecule has 0 aliphatic carbocycles. The van der Waals surface area contributed by atoms with Crippen LogP contribution in [0.4, 0.5) is 4.39 Å². The van der Waals surface area contributed by atoms with Gasteiger partial charge in [0.15, 0.2) is 0 Å². The number of aromatic nitrogens is 1. The lowest BCUT2D eigenvalue weighted by molar-refractivity contribution is 0.629. The second-order valence-corrected chi connectivity index (χ2v) is 4.66. The molecule has 0 amide bonds. The quantitative estimate of drug-likeness (QED) is 0.637. The molecule has 1 aromatic heterocycles. The molecule has 0 radical (unpaired) electrons. The van der Waals surface area contributed by atoms with Crippen molar-refractivity contribution in [3.63, 3.8) is 0 Å². The molecule has 0 saturated carbocycles. The molecule has 2 aromatic carbocycles. The molecule has 0 unspecified atom stereocenters. The molecule has 2 heteroatoms. The van der Waals surface area contributed by atoms with Gasteiger partial charge in [-0.3, -0.25) is 0 Å². The molecule has 0 N–H and O–H groups in total. The fraction of sp³-hybridized carbons (Fsp3) is 0.0588. The molecule has 3 rings (SSSR count). The topological polar surface area (TPSA) is 4.93 Å². The van der Waals surface area contributed by atoms with E-state index in [1.54, 1.807) is 6.07 Å². The highest BCUT2D eigenvalue weighted by molar-refractivity contribution is 5.96. The molecular weight excluding hydrogens is 237 g/mol. The van der Waals surface area contributed by atoms with Crippen LogP contribution in [0.3, 0.4) is 0 Å². The molecule has 0 aliphatic heterocycles. The first-order valence-electron chi connectivity index (χ1n) is 6.16. The Morgan fingerprint density at radius 1 is 1.11 bits per heavy atom. The number of hydrogen-bond donors (Lipinski definition) is 0. The first-order valence-corrected chi connectivity index (χ1v) is 6.16. The highest BCUT2D eigenvalue weighted by Gasteiger charge is 2.11. The summed E-state index contributed by atoms with van der Waals surface area (Å²) in [5, 5.41) is 1.03. The van der Waals surface area contributed by atoms with E-state index in [-0.39, 0.29) is 5.82 Å². The van der Waals surface area contributed by atoms with Crippen LogP contribution in [0.1, 0.15) is 11.1 Å². The normalized spacial score (nSPS) is 10.8. The Labute approximate surface area is 111 Å². The van der Waals surface area contributed by atoms with E-state index in [1.807, 2.05) is 54.2 Å². The van der Waals surface area contributed by atoms with Crippen molar-refractivity contribution >= 4 is 16.5 Å². The van der Waals surface area contributed by atoms with Gasteiger partial charge in [0.25, 0.3) is 0 Å². The van der Waals surface area contributed by atoms with E-state index in [2.05, 4.69) is 6.58 Å². The summed E-state index contributed by atoms with van der Waals surface area (Å²) < 4.78 is 15.2. The van der Waals surface area contributed by atoms with Gasteiger partial charge in [0.2, 0.25) is 0 Å². The van der Waals surface area contributed by atoms with Crippen LogP contribution in [0.15, 0.2) is 61.3 Å². The van der Waals surface area contributed by atoms with E-state index in [9.17, 15) is 4.39 Å². The third kappa shape index (κ3) is 1.95. The predicted octanol–water partition coefficient (Wildman–Crippen LogP) is 4.38. The zero-order valence-electron chi connectivity index (χ0n) is 10.7. The van der Waals surface area contributed by atoms with Crippen molar-refractivity contribution in [3.05, 3.63) is 78.3 Å². The van der Waals surface area contributed by atoms with Crippen LogP contribution in [-0.2, 0) is 7.05 Å². The number of benzene rings is 2. The van der Waals surface area contributed by atoms with E-state index in [0.717, 1.165) is 27.6 Å². The molecule has 3 aromatic rings. The summed E-state index contributed by atoms with van der Waals surface area (Å²) in [4.78, 5) is 0. The fourth-order valence-electron chi connectivity index (χ4n) is 2.39. The maximum atomic E-state index is 13.3. The molecule has 94 valence electrons. The Morgan fingerprint density at radius 2 is 1.84 bits per heavy atom. The first-order chi connectivity index (χ1) is 9.16. The lowest BCUT2D eigenvalue weighted by atomic mass is 9.99. The lowest BCUT2D eigenvalue weighted by Gasteiger charge is -2.04. The summed E-state index contributed by atoms with van der Waals surface area (Å²) in [7, 11) is 1.92. The van der Waals surface area contributed by atoms with Crippen LogP contribution >= 0.6 is 0 Å². The van der Waals surface area contributed by atoms with Crippen LogP contribution in [0.5, 0.6) is 0 Å². The second-order valence-electron chi connectivity index (χ2n) is 4.66. The highest BCUT2D eigenvalue weighted by Crippen LogP contribution is 2.30. The van der Waals surface area contributed by atoms with Crippen molar-refractivity contribution in [2.75, 3.05) is 0 Å². The minimum atomic E-state index is -0.217. The number of aryl methyl sites for hydroxylation is 1. The van der Waals surface area contributed by atoms with Crippen molar-refractivity contribution in [3.8, 4) is 0 Å². The van der Waals surface area contributed by atoms with E-state index < -0.39 is 0 Å². The van der Waals surface area contributed by atoms with Gasteiger partial charge in [-0.25, -0.2) is 4.39 Å².